The maximum atomic E-state index is 12.6. The second-order valence-electron chi connectivity index (χ2n) is 9.57. The SMILES string of the molecule is CCOC(=O)CCCOc1cc2c(cc1OC)-c1cc(=O)c(C(=O)O)cn1[C@H]1[C@@H]2CCC1(C)C. The third kappa shape index (κ3) is 4.17. The van der Waals surface area contributed by atoms with Gasteiger partial charge in [-0.2, -0.15) is 0 Å². The molecule has 0 radical (unpaired) electrons. The Kier molecular flexibility index (Phi) is 6.43. The van der Waals surface area contributed by atoms with Crippen LogP contribution in [0.1, 0.15) is 74.3 Å². The number of carbonyl (C=O) groups is 2. The van der Waals surface area contributed by atoms with E-state index in [9.17, 15) is 19.5 Å². The number of ether oxygens (including phenoxy) is 3. The van der Waals surface area contributed by atoms with Crippen molar-refractivity contribution in [2.75, 3.05) is 20.3 Å². The average Bonchev–Trinajstić information content (AvgIpc) is 3.11. The van der Waals surface area contributed by atoms with E-state index in [2.05, 4.69) is 13.8 Å². The first kappa shape index (κ1) is 23.9. The Balaban J connectivity index is 1.75. The van der Waals surface area contributed by atoms with Crippen molar-refractivity contribution in [2.24, 2.45) is 5.41 Å². The molecule has 182 valence electrons. The Morgan fingerprint density at radius 1 is 1.21 bits per heavy atom. The molecule has 0 unspecified atom stereocenters. The number of fused-ring (bicyclic) bond motifs is 6. The second-order valence-corrected chi connectivity index (χ2v) is 9.57. The summed E-state index contributed by atoms with van der Waals surface area (Å²) in [5, 5.41) is 9.54. The Morgan fingerprint density at radius 2 is 1.97 bits per heavy atom. The average molecular weight is 470 g/mol. The zero-order valence-electron chi connectivity index (χ0n) is 20.1. The molecule has 1 aromatic heterocycles. The molecular formula is C26H31NO7. The maximum Gasteiger partial charge on any atom is 0.341 e. The summed E-state index contributed by atoms with van der Waals surface area (Å²) in [4.78, 5) is 35.9. The molecule has 1 fully saturated rings. The number of rotatable bonds is 8. The van der Waals surface area contributed by atoms with Crippen LogP contribution in [0.2, 0.25) is 0 Å². The summed E-state index contributed by atoms with van der Waals surface area (Å²) in [5.41, 5.74) is 1.79. The number of hydrogen-bond donors (Lipinski definition) is 1. The number of nitrogens with zero attached hydrogens (tertiary/aromatic N) is 1. The van der Waals surface area contributed by atoms with Crippen LogP contribution in [0.4, 0.5) is 0 Å². The number of hydrogen-bond acceptors (Lipinski definition) is 6. The first-order chi connectivity index (χ1) is 16.2. The van der Waals surface area contributed by atoms with E-state index >= 15 is 0 Å². The van der Waals surface area contributed by atoms with Crippen molar-refractivity contribution in [1.29, 1.82) is 0 Å². The Morgan fingerprint density at radius 3 is 2.65 bits per heavy atom. The van der Waals surface area contributed by atoms with E-state index in [1.807, 2.05) is 16.7 Å². The van der Waals surface area contributed by atoms with Gasteiger partial charge in [-0.1, -0.05) is 13.8 Å². The van der Waals surface area contributed by atoms with Crippen LogP contribution >= 0.6 is 0 Å². The molecule has 0 spiro atoms. The third-order valence-corrected chi connectivity index (χ3v) is 6.99. The van der Waals surface area contributed by atoms with E-state index < -0.39 is 11.4 Å². The van der Waals surface area contributed by atoms with Crippen LogP contribution in [0.5, 0.6) is 11.5 Å². The van der Waals surface area contributed by atoms with Gasteiger partial charge in [0.15, 0.2) is 16.9 Å². The van der Waals surface area contributed by atoms with Gasteiger partial charge in [-0.05, 0) is 49.3 Å². The number of methoxy groups -OCH3 is 1. The van der Waals surface area contributed by atoms with E-state index in [1.165, 1.54) is 12.3 Å². The fraction of sp³-hybridized carbons (Fsp3) is 0.500. The molecule has 1 aliphatic heterocycles. The summed E-state index contributed by atoms with van der Waals surface area (Å²) in [5.74, 6) is -0.210. The fourth-order valence-electron chi connectivity index (χ4n) is 5.44. The Labute approximate surface area is 198 Å². The number of carboxylic acids is 1. The van der Waals surface area contributed by atoms with Gasteiger partial charge in [0.05, 0.1) is 26.0 Å². The van der Waals surface area contributed by atoms with Crippen LogP contribution in [0.3, 0.4) is 0 Å². The van der Waals surface area contributed by atoms with Crippen molar-refractivity contribution in [3.05, 3.63) is 45.7 Å². The summed E-state index contributed by atoms with van der Waals surface area (Å²) in [6.45, 7) is 6.84. The van der Waals surface area contributed by atoms with E-state index in [0.717, 1.165) is 24.0 Å². The van der Waals surface area contributed by atoms with E-state index in [4.69, 9.17) is 14.2 Å². The molecule has 2 atom stereocenters. The minimum absolute atomic E-state index is 0.0127. The number of aromatic nitrogens is 1. The minimum atomic E-state index is -1.22. The molecule has 2 aliphatic rings. The van der Waals surface area contributed by atoms with Gasteiger partial charge < -0.3 is 23.9 Å². The lowest BCUT2D eigenvalue weighted by Gasteiger charge is -2.40. The van der Waals surface area contributed by atoms with Gasteiger partial charge in [0.2, 0.25) is 0 Å². The van der Waals surface area contributed by atoms with Gasteiger partial charge in [-0.15, -0.1) is 0 Å². The number of benzene rings is 1. The lowest BCUT2D eigenvalue weighted by atomic mass is 9.77. The number of aromatic carboxylic acids is 1. The van der Waals surface area contributed by atoms with Crippen molar-refractivity contribution in [3.8, 4) is 22.8 Å². The van der Waals surface area contributed by atoms with E-state index in [1.54, 1.807) is 14.0 Å². The standard InChI is InChI=1S/C26H31NO7/c1-5-33-23(29)7-6-10-34-22-11-16-15-8-9-26(2,3)24(15)27-14-18(25(30)31)20(28)13-19(27)17(16)12-21(22)32-4/h11-15,24H,5-10H2,1-4H3,(H,30,31)/t15-,24+/m1/s1. The van der Waals surface area contributed by atoms with Crippen molar-refractivity contribution in [1.82, 2.24) is 4.57 Å². The van der Waals surface area contributed by atoms with Crippen LogP contribution in [0.25, 0.3) is 11.3 Å². The van der Waals surface area contributed by atoms with E-state index in [0.29, 0.717) is 36.8 Å². The highest BCUT2D eigenvalue weighted by atomic mass is 16.5. The maximum absolute atomic E-state index is 12.6. The molecule has 1 aliphatic carbocycles. The summed E-state index contributed by atoms with van der Waals surface area (Å²) < 4.78 is 18.5. The Bertz CT molecular complexity index is 1180. The minimum Gasteiger partial charge on any atom is -0.493 e. The molecule has 4 rings (SSSR count). The number of carboxylic acid groups (broad SMARTS) is 1. The van der Waals surface area contributed by atoms with Gasteiger partial charge in [-0.3, -0.25) is 9.59 Å². The summed E-state index contributed by atoms with van der Waals surface area (Å²) in [6, 6.07) is 5.28. The molecule has 1 saturated carbocycles. The number of esters is 1. The van der Waals surface area contributed by atoms with Gasteiger partial charge in [-0.25, -0.2) is 4.79 Å². The molecule has 2 heterocycles. The molecule has 34 heavy (non-hydrogen) atoms. The summed E-state index contributed by atoms with van der Waals surface area (Å²) in [6.07, 6.45) is 4.21. The largest absolute Gasteiger partial charge is 0.493 e. The third-order valence-electron chi connectivity index (χ3n) is 6.99. The van der Waals surface area contributed by atoms with Crippen molar-refractivity contribution in [2.45, 2.75) is 58.4 Å². The molecule has 8 nitrogen and oxygen atoms in total. The monoisotopic (exact) mass is 469 g/mol. The predicted molar refractivity (Wildman–Crippen MR) is 126 cm³/mol. The zero-order chi connectivity index (χ0) is 24.6. The molecular weight excluding hydrogens is 438 g/mol. The topological polar surface area (TPSA) is 104 Å². The van der Waals surface area contributed by atoms with E-state index in [-0.39, 0.29) is 35.3 Å². The molecule has 1 N–H and O–H groups in total. The van der Waals surface area contributed by atoms with Crippen molar-refractivity contribution < 1.29 is 28.9 Å². The van der Waals surface area contributed by atoms with Crippen LogP contribution in [0, 0.1) is 5.41 Å². The first-order valence-corrected chi connectivity index (χ1v) is 11.7. The fourth-order valence-corrected chi connectivity index (χ4v) is 5.44. The van der Waals surface area contributed by atoms with Gasteiger partial charge in [0, 0.05) is 36.2 Å². The predicted octanol–water partition coefficient (Wildman–Crippen LogP) is 4.40. The molecule has 0 saturated heterocycles. The lowest BCUT2D eigenvalue weighted by Crippen LogP contribution is -2.32. The smallest absolute Gasteiger partial charge is 0.341 e. The second kappa shape index (κ2) is 9.16. The molecule has 1 aromatic carbocycles. The van der Waals surface area contributed by atoms with Crippen LogP contribution in [-0.2, 0) is 9.53 Å². The highest BCUT2D eigenvalue weighted by Gasteiger charge is 2.47. The Hall–Kier alpha value is -3.29. The normalized spacial score (nSPS) is 19.5. The van der Waals surface area contributed by atoms with Gasteiger partial charge in [0.25, 0.3) is 0 Å². The van der Waals surface area contributed by atoms with Gasteiger partial charge >= 0.3 is 11.9 Å². The van der Waals surface area contributed by atoms with Gasteiger partial charge in [0.1, 0.15) is 5.56 Å². The van der Waals surface area contributed by atoms with Crippen molar-refractivity contribution >= 4 is 11.9 Å². The van der Waals surface area contributed by atoms with Crippen LogP contribution in [0.15, 0.2) is 29.2 Å². The van der Waals surface area contributed by atoms with Crippen LogP contribution < -0.4 is 14.9 Å². The van der Waals surface area contributed by atoms with Crippen molar-refractivity contribution in [3.63, 3.8) is 0 Å². The summed E-state index contributed by atoms with van der Waals surface area (Å²) >= 11 is 0. The first-order valence-electron chi connectivity index (χ1n) is 11.7. The molecule has 0 amide bonds. The quantitative estimate of drug-likeness (QED) is 0.451. The molecule has 8 heteroatoms. The highest BCUT2D eigenvalue weighted by Crippen LogP contribution is 2.59. The highest BCUT2D eigenvalue weighted by molar-refractivity contribution is 5.88. The molecule has 2 aromatic rings. The lowest BCUT2D eigenvalue weighted by molar-refractivity contribution is -0.143. The number of carbonyl (C=O) groups excluding carboxylic acids is 1. The number of pyridine rings is 1. The summed E-state index contributed by atoms with van der Waals surface area (Å²) in [7, 11) is 1.55. The van der Waals surface area contributed by atoms with Crippen LogP contribution in [-0.4, -0.2) is 41.9 Å². The molecule has 0 bridgehead atoms. The zero-order valence-corrected chi connectivity index (χ0v) is 20.1.